The maximum Gasteiger partial charge on any atom is 0.314 e. The van der Waals surface area contributed by atoms with Crippen molar-refractivity contribution in [1.82, 2.24) is 15.6 Å². The minimum Gasteiger partial charge on any atom is -0.489 e. The van der Waals surface area contributed by atoms with Gasteiger partial charge < -0.3 is 20.7 Å². The second kappa shape index (κ2) is 14.5. The van der Waals surface area contributed by atoms with E-state index >= 15 is 0 Å². The molecule has 2 aromatic rings. The van der Waals surface area contributed by atoms with Gasteiger partial charge in [-0.1, -0.05) is 37.2 Å². The Bertz CT molecular complexity index is 812. The van der Waals surface area contributed by atoms with E-state index in [-0.39, 0.29) is 11.9 Å². The largest absolute Gasteiger partial charge is 0.489 e. The van der Waals surface area contributed by atoms with E-state index in [0.717, 1.165) is 55.3 Å². The second-order valence-electron chi connectivity index (χ2n) is 7.07. The first-order valence-corrected chi connectivity index (χ1v) is 11.7. The van der Waals surface area contributed by atoms with E-state index in [1.807, 2.05) is 18.2 Å². The van der Waals surface area contributed by atoms with Crippen molar-refractivity contribution >= 4 is 38.6 Å². The molecule has 3 N–H and O–H groups in total. The van der Waals surface area contributed by atoms with Crippen molar-refractivity contribution in [3.63, 3.8) is 0 Å². The van der Waals surface area contributed by atoms with E-state index in [9.17, 15) is 9.59 Å². The van der Waals surface area contributed by atoms with E-state index in [1.165, 1.54) is 18.3 Å². The minimum absolute atomic E-state index is 0.0900. The zero-order chi connectivity index (χ0) is 22.3. The van der Waals surface area contributed by atoms with Crippen LogP contribution in [0.4, 0.5) is 9.93 Å². The Labute approximate surface area is 188 Å². The number of nitrogens with zero attached hydrogens (tertiary/aromatic N) is 1. The average Bonchev–Trinajstić information content (AvgIpc) is 3.15. The van der Waals surface area contributed by atoms with Gasteiger partial charge >= 0.3 is 6.03 Å². The van der Waals surface area contributed by atoms with Gasteiger partial charge in [0.2, 0.25) is 12.5 Å². The van der Waals surface area contributed by atoms with Crippen LogP contribution in [-0.2, 0) is 9.53 Å². The molecular formula is C22H33N4O4S+. The van der Waals surface area contributed by atoms with Crippen molar-refractivity contribution < 1.29 is 19.1 Å². The van der Waals surface area contributed by atoms with Gasteiger partial charge in [-0.05, 0) is 31.4 Å². The first kappa shape index (κ1) is 24.7. The third-order valence-electron chi connectivity index (χ3n) is 4.34. The summed E-state index contributed by atoms with van der Waals surface area (Å²) in [5, 5.41) is 8.98. The summed E-state index contributed by atoms with van der Waals surface area (Å²) in [6.07, 6.45) is 5.98. The van der Waals surface area contributed by atoms with Crippen LogP contribution in [0.3, 0.4) is 0 Å². The van der Waals surface area contributed by atoms with Crippen LogP contribution >= 0.6 is 11.3 Å². The molecule has 0 atom stereocenters. The molecule has 0 aliphatic rings. The number of amides is 3. The Hall–Kier alpha value is -2.52. The Morgan fingerprint density at radius 3 is 2.61 bits per heavy atom. The number of urea groups is 1. The predicted octanol–water partition coefficient (Wildman–Crippen LogP) is 4.47. The molecule has 0 aliphatic heterocycles. The number of rotatable bonds is 15. The summed E-state index contributed by atoms with van der Waals surface area (Å²) in [6.45, 7) is 7.63. The number of hydrogen-bond donors (Lipinski definition) is 3. The molecule has 8 nitrogen and oxygen atoms in total. The van der Waals surface area contributed by atoms with Gasteiger partial charge in [0, 0.05) is 20.0 Å². The summed E-state index contributed by atoms with van der Waals surface area (Å²) < 4.78 is 12.2. The number of thiazole rings is 1. The third kappa shape index (κ3) is 9.89. The SMILES string of the molecule is CCCCCNC(=O)NCCCC[CH+]OCCOc1cccc2sc(NC(C)=O)nc12. The number of anilines is 1. The normalized spacial score (nSPS) is 10.6. The fraction of sp³-hybridized carbons (Fsp3) is 0.545. The highest BCUT2D eigenvalue weighted by atomic mass is 32.1. The highest BCUT2D eigenvalue weighted by molar-refractivity contribution is 7.22. The summed E-state index contributed by atoms with van der Waals surface area (Å²) in [4.78, 5) is 27.2. The third-order valence-corrected chi connectivity index (χ3v) is 5.28. The summed E-state index contributed by atoms with van der Waals surface area (Å²) in [5.74, 6) is 0.528. The number of unbranched alkanes of at least 4 members (excludes halogenated alkanes) is 4. The highest BCUT2D eigenvalue weighted by Crippen LogP contribution is 2.32. The Kier molecular flexibility index (Phi) is 11.6. The number of para-hydroxylation sites is 1. The van der Waals surface area contributed by atoms with Gasteiger partial charge in [-0.3, -0.25) is 4.79 Å². The second-order valence-corrected chi connectivity index (χ2v) is 8.11. The maximum atomic E-state index is 11.6. The number of benzene rings is 1. The summed E-state index contributed by atoms with van der Waals surface area (Å²) in [6, 6.07) is 5.61. The van der Waals surface area contributed by atoms with Crippen LogP contribution in [0.1, 0.15) is 52.4 Å². The molecule has 1 aromatic carbocycles. The number of nitrogens with one attached hydrogen (secondary N) is 3. The average molecular weight is 450 g/mol. The standard InChI is InChI=1S/C22H32N4O4S/c1-3-4-6-12-23-21(28)24-13-7-5-8-14-29-15-16-30-18-10-9-11-19-20(18)26-22(31-19)25-17(2)27/h9-11,14H,3-8,12-13,15-16H2,1-2H3,(H2-,23,24,25,26,27,28)/p+1. The quantitative estimate of drug-likeness (QED) is 0.275. The van der Waals surface area contributed by atoms with Crippen LogP contribution in [-0.4, -0.2) is 43.2 Å². The lowest BCUT2D eigenvalue weighted by Gasteiger charge is -2.06. The lowest BCUT2D eigenvalue weighted by molar-refractivity contribution is -0.114. The van der Waals surface area contributed by atoms with Crippen molar-refractivity contribution in [2.45, 2.75) is 52.4 Å². The molecule has 0 spiro atoms. The molecule has 0 saturated carbocycles. The number of aromatic nitrogens is 1. The van der Waals surface area contributed by atoms with Crippen molar-refractivity contribution in [3.05, 3.63) is 24.8 Å². The van der Waals surface area contributed by atoms with E-state index in [4.69, 9.17) is 9.47 Å². The topological polar surface area (TPSA) is 102 Å². The first-order chi connectivity index (χ1) is 15.1. The molecule has 3 amide bonds. The van der Waals surface area contributed by atoms with Crippen molar-refractivity contribution in [1.29, 1.82) is 0 Å². The summed E-state index contributed by atoms with van der Waals surface area (Å²) in [5.41, 5.74) is 0.738. The molecule has 0 bridgehead atoms. The predicted molar refractivity (Wildman–Crippen MR) is 124 cm³/mol. The van der Waals surface area contributed by atoms with E-state index in [2.05, 4.69) is 27.9 Å². The van der Waals surface area contributed by atoms with Crippen molar-refractivity contribution in [2.24, 2.45) is 0 Å². The molecule has 170 valence electrons. The number of fused-ring (bicyclic) bond motifs is 1. The molecular weight excluding hydrogens is 416 g/mol. The lowest BCUT2D eigenvalue weighted by atomic mass is 10.2. The highest BCUT2D eigenvalue weighted by Gasteiger charge is 2.10. The van der Waals surface area contributed by atoms with Crippen LogP contribution in [0.5, 0.6) is 5.75 Å². The van der Waals surface area contributed by atoms with Crippen molar-refractivity contribution in [2.75, 3.05) is 31.6 Å². The Balaban J connectivity index is 1.51. The van der Waals surface area contributed by atoms with E-state index < -0.39 is 0 Å². The molecule has 0 aliphatic carbocycles. The van der Waals surface area contributed by atoms with E-state index in [1.54, 1.807) is 6.61 Å². The Morgan fingerprint density at radius 2 is 1.87 bits per heavy atom. The van der Waals surface area contributed by atoms with Gasteiger partial charge in [0.1, 0.15) is 30.9 Å². The first-order valence-electron chi connectivity index (χ1n) is 10.8. The molecule has 1 aromatic heterocycles. The van der Waals surface area contributed by atoms with E-state index in [0.29, 0.717) is 30.6 Å². The monoisotopic (exact) mass is 449 g/mol. The molecule has 0 fully saturated rings. The minimum atomic E-state index is -0.146. The fourth-order valence-corrected chi connectivity index (χ4v) is 3.73. The van der Waals surface area contributed by atoms with Gasteiger partial charge in [0.25, 0.3) is 0 Å². The van der Waals surface area contributed by atoms with Gasteiger partial charge in [-0.25, -0.2) is 9.78 Å². The smallest absolute Gasteiger partial charge is 0.314 e. The summed E-state index contributed by atoms with van der Waals surface area (Å²) >= 11 is 1.41. The van der Waals surface area contributed by atoms with Crippen LogP contribution < -0.4 is 20.7 Å². The number of carbonyl (C=O) groups excluding carboxylic acids is 2. The molecule has 1 heterocycles. The fourth-order valence-electron chi connectivity index (χ4n) is 2.80. The molecule has 0 unspecified atom stereocenters. The molecule has 0 radical (unpaired) electrons. The maximum absolute atomic E-state index is 11.6. The molecule has 2 rings (SSSR count). The number of ether oxygens (including phenoxy) is 2. The van der Waals surface area contributed by atoms with Crippen LogP contribution in [0.25, 0.3) is 10.2 Å². The van der Waals surface area contributed by atoms with Gasteiger partial charge in [0.05, 0.1) is 4.70 Å². The lowest BCUT2D eigenvalue weighted by Crippen LogP contribution is -2.36. The van der Waals surface area contributed by atoms with Gasteiger partial charge in [0.15, 0.2) is 5.13 Å². The van der Waals surface area contributed by atoms with Crippen LogP contribution in [0, 0.1) is 6.61 Å². The van der Waals surface area contributed by atoms with Crippen LogP contribution in [0.2, 0.25) is 0 Å². The zero-order valence-corrected chi connectivity index (χ0v) is 19.2. The number of carbonyl (C=O) groups is 2. The van der Waals surface area contributed by atoms with Crippen molar-refractivity contribution in [3.8, 4) is 5.75 Å². The Morgan fingerprint density at radius 1 is 1.10 bits per heavy atom. The van der Waals surface area contributed by atoms with Crippen LogP contribution in [0.15, 0.2) is 18.2 Å². The van der Waals surface area contributed by atoms with Gasteiger partial charge in [-0.2, -0.15) is 4.74 Å². The number of hydrogen-bond acceptors (Lipinski definition) is 6. The molecule has 9 heteroatoms. The van der Waals surface area contributed by atoms with Gasteiger partial charge in [-0.15, -0.1) is 0 Å². The molecule has 31 heavy (non-hydrogen) atoms. The zero-order valence-electron chi connectivity index (χ0n) is 18.4. The summed E-state index contributed by atoms with van der Waals surface area (Å²) in [7, 11) is 0. The molecule has 0 saturated heterocycles.